The largest absolute Gasteiger partial charge is 0.718 e. The fourth-order valence-corrected chi connectivity index (χ4v) is 3.81. The molecule has 7 heteroatoms. The van der Waals surface area contributed by atoms with Gasteiger partial charge in [-0.3, -0.25) is 24.2 Å². The molecule has 0 spiro atoms. The molecule has 6 nitrogen and oxygen atoms in total. The zero-order valence-electron chi connectivity index (χ0n) is 16.4. The van der Waals surface area contributed by atoms with Crippen molar-refractivity contribution < 1.29 is 19.2 Å². The number of amides is 4. The molecule has 0 saturated carbocycles. The fourth-order valence-electron chi connectivity index (χ4n) is 3.62. The molecule has 4 rings (SSSR count). The van der Waals surface area contributed by atoms with Crippen molar-refractivity contribution in [2.45, 2.75) is 6.42 Å². The highest BCUT2D eigenvalue weighted by molar-refractivity contribution is 7.77. The Hall–Kier alpha value is -3.84. The van der Waals surface area contributed by atoms with Gasteiger partial charge in [0.05, 0.1) is 16.8 Å². The van der Waals surface area contributed by atoms with Gasteiger partial charge in [0, 0.05) is 12.1 Å². The second-order valence-electron chi connectivity index (χ2n) is 6.96. The minimum atomic E-state index is -0.814. The van der Waals surface area contributed by atoms with E-state index in [1.54, 1.807) is 78.9 Å². The second-order valence-corrected chi connectivity index (χ2v) is 7.31. The van der Waals surface area contributed by atoms with Crippen LogP contribution in [0.5, 0.6) is 0 Å². The summed E-state index contributed by atoms with van der Waals surface area (Å²) in [5.74, 6) is -1.25. The smallest absolute Gasteiger partial charge is 0.263 e. The second kappa shape index (κ2) is 8.49. The van der Waals surface area contributed by atoms with E-state index in [0.717, 1.165) is 4.90 Å². The van der Waals surface area contributed by atoms with Crippen molar-refractivity contribution in [1.82, 2.24) is 4.90 Å². The van der Waals surface area contributed by atoms with Crippen molar-refractivity contribution in [3.05, 3.63) is 101 Å². The molecule has 0 fully saturated rings. The lowest BCUT2D eigenvalue weighted by molar-refractivity contribution is 0.0656. The first-order valence-corrected chi connectivity index (χ1v) is 10.0. The lowest BCUT2D eigenvalue weighted by Gasteiger charge is -2.25. The van der Waals surface area contributed by atoms with Crippen LogP contribution in [0.1, 0.15) is 36.6 Å². The van der Waals surface area contributed by atoms with Gasteiger partial charge in [0.2, 0.25) is 0 Å². The van der Waals surface area contributed by atoms with Crippen LogP contribution >= 0.6 is 0 Å². The van der Waals surface area contributed by atoms with Gasteiger partial charge in [-0.05, 0) is 42.3 Å². The van der Waals surface area contributed by atoms with Crippen LogP contribution in [0.25, 0.3) is 0 Å². The molecule has 4 amide bonds. The number of carbonyl (C=O) groups is 4. The van der Waals surface area contributed by atoms with E-state index >= 15 is 0 Å². The third kappa shape index (κ3) is 3.83. The molecule has 31 heavy (non-hydrogen) atoms. The average Bonchev–Trinajstić information content (AvgIpc) is 3.03. The van der Waals surface area contributed by atoms with Gasteiger partial charge in [-0.2, -0.15) is 0 Å². The Kier molecular flexibility index (Phi) is 5.60. The number of imide groups is 2. The van der Waals surface area contributed by atoms with Crippen molar-refractivity contribution in [3.8, 4) is 0 Å². The molecule has 0 bridgehead atoms. The summed E-state index contributed by atoms with van der Waals surface area (Å²) in [5, 5.41) is -0.814. The zero-order chi connectivity index (χ0) is 22.0. The minimum Gasteiger partial charge on any atom is -0.718 e. The topological polar surface area (TPSA) is 74.8 Å². The summed E-state index contributed by atoms with van der Waals surface area (Å²) in [4.78, 5) is 52.6. The predicted octanol–water partition coefficient (Wildman–Crippen LogP) is 3.84. The molecule has 0 unspecified atom stereocenters. The van der Waals surface area contributed by atoms with E-state index in [-0.39, 0.29) is 24.8 Å². The van der Waals surface area contributed by atoms with Crippen LogP contribution in [-0.4, -0.2) is 34.4 Å². The summed E-state index contributed by atoms with van der Waals surface area (Å²) in [6.07, 6.45) is 0.266. The van der Waals surface area contributed by atoms with Crippen LogP contribution in [0, 0.1) is 0 Å². The Morgan fingerprint density at radius 2 is 1.32 bits per heavy atom. The Morgan fingerprint density at radius 3 is 1.94 bits per heavy atom. The zero-order valence-corrected chi connectivity index (χ0v) is 17.2. The van der Waals surface area contributed by atoms with E-state index in [1.165, 1.54) is 4.90 Å². The summed E-state index contributed by atoms with van der Waals surface area (Å²) in [5.41, 5.74) is 2.04. The van der Waals surface area contributed by atoms with Crippen molar-refractivity contribution in [3.63, 3.8) is 0 Å². The molecular weight excluding hydrogens is 412 g/mol. The van der Waals surface area contributed by atoms with Gasteiger partial charge in [-0.1, -0.05) is 48.5 Å². The van der Waals surface area contributed by atoms with Gasteiger partial charge < -0.3 is 17.4 Å². The highest BCUT2D eigenvalue weighted by Gasteiger charge is 2.34. The van der Waals surface area contributed by atoms with E-state index in [0.29, 0.717) is 27.9 Å². The summed E-state index contributed by atoms with van der Waals surface area (Å²) < 4.78 is 0. The maximum Gasteiger partial charge on any atom is 0.263 e. The number of fused-ring (bicyclic) bond motifs is 1. The maximum absolute atomic E-state index is 13.2. The fraction of sp³-hybridized carbons (Fsp3) is 0.0833. The Morgan fingerprint density at radius 1 is 0.774 bits per heavy atom. The summed E-state index contributed by atoms with van der Waals surface area (Å²) in [7, 11) is 0. The number of para-hydroxylation sites is 1. The molecule has 0 aromatic heterocycles. The summed E-state index contributed by atoms with van der Waals surface area (Å²) in [6.45, 7) is 0.115. The molecular formula is C24H17N2O4S-. The molecule has 0 N–H and O–H groups in total. The van der Waals surface area contributed by atoms with Crippen molar-refractivity contribution in [2.24, 2.45) is 0 Å². The Bertz CT molecular complexity index is 1160. The van der Waals surface area contributed by atoms with Crippen molar-refractivity contribution in [1.29, 1.82) is 0 Å². The van der Waals surface area contributed by atoms with Crippen LogP contribution in [0.15, 0.2) is 78.9 Å². The van der Waals surface area contributed by atoms with Crippen LogP contribution in [-0.2, 0) is 19.0 Å². The van der Waals surface area contributed by atoms with Crippen LogP contribution in [0.3, 0.4) is 0 Å². The molecule has 154 valence electrons. The number of rotatable bonds is 5. The van der Waals surface area contributed by atoms with Crippen molar-refractivity contribution >= 4 is 41.3 Å². The molecule has 0 saturated heterocycles. The predicted molar refractivity (Wildman–Crippen MR) is 118 cm³/mol. The van der Waals surface area contributed by atoms with Gasteiger partial charge in [0.1, 0.15) is 5.24 Å². The molecule has 3 aromatic carbocycles. The van der Waals surface area contributed by atoms with Gasteiger partial charge in [-0.25, -0.2) is 0 Å². The Labute approximate surface area is 184 Å². The van der Waals surface area contributed by atoms with Gasteiger partial charge in [0.15, 0.2) is 0 Å². The third-order valence-electron chi connectivity index (χ3n) is 5.13. The van der Waals surface area contributed by atoms with Crippen LogP contribution in [0.2, 0.25) is 0 Å². The van der Waals surface area contributed by atoms with Gasteiger partial charge >= 0.3 is 0 Å². The lowest BCUT2D eigenvalue weighted by Crippen LogP contribution is -2.36. The third-order valence-corrected chi connectivity index (χ3v) is 5.31. The van der Waals surface area contributed by atoms with E-state index in [2.05, 4.69) is 0 Å². The number of hydrogen-bond acceptors (Lipinski definition) is 5. The SMILES string of the molecule is O=C1c2ccccc2C(=O)N1CCc1ccccc1C(=O)N(C(=O)[S-])c1ccccc1. The number of hydrogen-bond donors (Lipinski definition) is 0. The standard InChI is InChI=1S/C24H18N2O4S/c27-21-19-12-6-7-13-20(19)22(28)25(21)15-14-16-8-4-5-11-18(16)23(29)26(24(30)31)17-9-2-1-3-10-17/h1-13H,14-15H2,(H,30,31)/p-1. The van der Waals surface area contributed by atoms with E-state index in [4.69, 9.17) is 12.6 Å². The molecule has 3 aromatic rings. The van der Waals surface area contributed by atoms with E-state index in [1.807, 2.05) is 0 Å². The van der Waals surface area contributed by atoms with Gasteiger partial charge in [-0.15, -0.1) is 0 Å². The first kappa shape index (κ1) is 20.4. The number of anilines is 1. The lowest BCUT2D eigenvalue weighted by atomic mass is 10.0. The molecule has 0 radical (unpaired) electrons. The molecule has 0 atom stereocenters. The highest BCUT2D eigenvalue weighted by atomic mass is 32.1. The molecule has 1 heterocycles. The molecule has 0 aliphatic carbocycles. The highest BCUT2D eigenvalue weighted by Crippen LogP contribution is 2.24. The Balaban J connectivity index is 1.58. The number of nitrogens with zero attached hydrogens (tertiary/aromatic N) is 2. The molecule has 1 aliphatic heterocycles. The van der Waals surface area contributed by atoms with E-state index in [9.17, 15) is 19.2 Å². The van der Waals surface area contributed by atoms with Gasteiger partial charge in [0.25, 0.3) is 17.7 Å². The first-order valence-electron chi connectivity index (χ1n) is 9.62. The van der Waals surface area contributed by atoms with Crippen molar-refractivity contribution in [2.75, 3.05) is 11.4 Å². The maximum atomic E-state index is 13.2. The van der Waals surface area contributed by atoms with Crippen LogP contribution < -0.4 is 4.90 Å². The molecule has 1 aliphatic rings. The summed E-state index contributed by atoms with van der Waals surface area (Å²) >= 11 is 4.79. The minimum absolute atomic E-state index is 0.115. The van der Waals surface area contributed by atoms with E-state index < -0.39 is 11.1 Å². The van der Waals surface area contributed by atoms with Crippen LogP contribution in [0.4, 0.5) is 10.5 Å². The quantitative estimate of drug-likeness (QED) is 0.455. The normalized spacial score (nSPS) is 12.6. The monoisotopic (exact) mass is 429 g/mol. The average molecular weight is 429 g/mol. The summed E-state index contributed by atoms with van der Waals surface area (Å²) in [6, 6.07) is 21.9. The number of carbonyl (C=O) groups excluding carboxylic acids is 4. The first-order chi connectivity index (χ1) is 15.0. The number of benzene rings is 3.